The zero-order valence-corrected chi connectivity index (χ0v) is 33.4. The number of hydrogen-bond donors (Lipinski definition) is 0. The van der Waals surface area contributed by atoms with Crippen molar-refractivity contribution in [2.45, 2.75) is 38.5 Å². The Morgan fingerprint density at radius 3 is 1.11 bits per heavy atom. The number of rotatable bonds is 6. The molecular weight excluding hydrogens is 709 g/mol. The molecule has 9 aromatic rings. The highest BCUT2D eigenvalue weighted by molar-refractivity contribution is 7.25. The maximum Gasteiger partial charge on any atom is 0.0476 e. The van der Waals surface area contributed by atoms with E-state index in [4.69, 9.17) is 0 Å². The molecule has 8 aromatic carbocycles. The Balaban J connectivity index is 1.02. The van der Waals surface area contributed by atoms with E-state index in [2.05, 4.69) is 219 Å². The standard InChI is InChI=1S/C54H42N2S/c1-53(2)47-21-13-11-19-41(47)43-27-23-37(31-49(43)53)55(35-15-7-5-8-16-35)39-25-29-45-46-30-26-40(34-52(46)57-51(45)33-39)56(36-17-9-6-10-18-36)38-24-28-44-42-20-12-14-22-48(42)54(3,4)50(44)32-38/h5-34H,1-4H3. The third-order valence-corrected chi connectivity index (χ3v) is 13.8. The molecule has 0 fully saturated rings. The SMILES string of the molecule is CC1(C)c2ccccc2-c2ccc(N(c3ccccc3)c3ccc4c(c3)sc3cc(N(c5ccccc5)c5ccc6c(c5)C(C)(C)c5ccccc5-6)ccc34)cc21. The second kappa shape index (κ2) is 12.5. The number of nitrogens with zero attached hydrogens (tertiary/aromatic N) is 2. The Morgan fingerprint density at radius 1 is 0.316 bits per heavy atom. The fraction of sp³-hybridized carbons (Fsp3) is 0.111. The highest BCUT2D eigenvalue weighted by atomic mass is 32.1. The smallest absolute Gasteiger partial charge is 0.0476 e. The summed E-state index contributed by atoms with van der Waals surface area (Å²) in [4.78, 5) is 4.83. The number of anilines is 6. The highest BCUT2D eigenvalue weighted by Gasteiger charge is 2.37. The molecule has 3 heteroatoms. The highest BCUT2D eigenvalue weighted by Crippen LogP contribution is 2.53. The molecule has 274 valence electrons. The van der Waals surface area contributed by atoms with Crippen molar-refractivity contribution in [1.82, 2.24) is 0 Å². The van der Waals surface area contributed by atoms with Crippen molar-refractivity contribution in [1.29, 1.82) is 0 Å². The zero-order valence-electron chi connectivity index (χ0n) is 32.6. The predicted octanol–water partition coefficient (Wildman–Crippen LogP) is 15.6. The molecule has 0 atom stereocenters. The monoisotopic (exact) mass is 750 g/mol. The van der Waals surface area contributed by atoms with Crippen LogP contribution in [0.4, 0.5) is 34.1 Å². The van der Waals surface area contributed by atoms with Gasteiger partial charge in [0.05, 0.1) is 0 Å². The average Bonchev–Trinajstić information content (AvgIpc) is 3.80. The van der Waals surface area contributed by atoms with Crippen LogP contribution in [0.5, 0.6) is 0 Å². The topological polar surface area (TPSA) is 6.48 Å². The molecule has 0 aliphatic heterocycles. The van der Waals surface area contributed by atoms with Crippen LogP contribution in [0, 0.1) is 0 Å². The Morgan fingerprint density at radius 2 is 0.667 bits per heavy atom. The normalized spacial score (nSPS) is 14.2. The Bertz CT molecular complexity index is 2820. The fourth-order valence-electron chi connectivity index (χ4n) is 9.74. The summed E-state index contributed by atoms with van der Waals surface area (Å²) in [5.41, 5.74) is 17.7. The van der Waals surface area contributed by atoms with Gasteiger partial charge in [0.15, 0.2) is 0 Å². The van der Waals surface area contributed by atoms with Gasteiger partial charge in [0, 0.05) is 65.1 Å². The lowest BCUT2D eigenvalue weighted by Gasteiger charge is -2.28. The van der Waals surface area contributed by atoms with Crippen molar-refractivity contribution >= 4 is 65.6 Å². The van der Waals surface area contributed by atoms with Gasteiger partial charge >= 0.3 is 0 Å². The summed E-state index contributed by atoms with van der Waals surface area (Å²) < 4.78 is 2.55. The molecule has 0 bridgehead atoms. The van der Waals surface area contributed by atoms with Crippen LogP contribution in [0.3, 0.4) is 0 Å². The van der Waals surface area contributed by atoms with Gasteiger partial charge in [0.25, 0.3) is 0 Å². The molecule has 0 spiro atoms. The number of benzene rings is 8. The van der Waals surface area contributed by atoms with Gasteiger partial charge in [0.2, 0.25) is 0 Å². The quantitative estimate of drug-likeness (QED) is 0.167. The first-order valence-electron chi connectivity index (χ1n) is 19.9. The number of fused-ring (bicyclic) bond motifs is 9. The van der Waals surface area contributed by atoms with E-state index in [1.807, 2.05) is 11.3 Å². The lowest BCUT2D eigenvalue weighted by Crippen LogP contribution is -2.16. The van der Waals surface area contributed by atoms with Gasteiger partial charge in [-0.05, 0) is 117 Å². The molecule has 1 heterocycles. The molecule has 2 nitrogen and oxygen atoms in total. The summed E-state index contributed by atoms with van der Waals surface area (Å²) in [5.74, 6) is 0. The van der Waals surface area contributed by atoms with Gasteiger partial charge in [-0.2, -0.15) is 0 Å². The van der Waals surface area contributed by atoms with Crippen LogP contribution in [0.1, 0.15) is 49.9 Å². The Labute approximate surface area is 338 Å². The van der Waals surface area contributed by atoms with Crippen molar-refractivity contribution in [3.05, 3.63) is 204 Å². The van der Waals surface area contributed by atoms with Crippen molar-refractivity contribution in [3.8, 4) is 22.3 Å². The van der Waals surface area contributed by atoms with Crippen LogP contribution in [0.25, 0.3) is 42.4 Å². The van der Waals surface area contributed by atoms with Crippen LogP contribution in [0.2, 0.25) is 0 Å². The van der Waals surface area contributed by atoms with Gasteiger partial charge in [-0.15, -0.1) is 11.3 Å². The maximum absolute atomic E-state index is 2.42. The first kappa shape index (κ1) is 33.9. The van der Waals surface area contributed by atoms with Gasteiger partial charge in [-0.1, -0.05) is 137 Å². The molecule has 0 saturated heterocycles. The van der Waals surface area contributed by atoms with Gasteiger partial charge in [-0.3, -0.25) is 0 Å². The molecule has 2 aliphatic carbocycles. The molecule has 0 saturated carbocycles. The molecule has 0 amide bonds. The summed E-state index contributed by atoms with van der Waals surface area (Å²) in [6.07, 6.45) is 0. The first-order chi connectivity index (χ1) is 27.8. The van der Waals surface area contributed by atoms with E-state index in [0.29, 0.717) is 0 Å². The lowest BCUT2D eigenvalue weighted by atomic mass is 9.82. The van der Waals surface area contributed by atoms with Crippen molar-refractivity contribution in [3.63, 3.8) is 0 Å². The van der Waals surface area contributed by atoms with E-state index >= 15 is 0 Å². The van der Waals surface area contributed by atoms with Crippen LogP contribution in [-0.2, 0) is 10.8 Å². The molecule has 1 aromatic heterocycles. The van der Waals surface area contributed by atoms with Crippen LogP contribution < -0.4 is 9.80 Å². The molecule has 2 aliphatic rings. The minimum Gasteiger partial charge on any atom is -0.310 e. The lowest BCUT2D eigenvalue weighted by molar-refractivity contribution is 0.660. The van der Waals surface area contributed by atoms with Crippen molar-refractivity contribution < 1.29 is 0 Å². The van der Waals surface area contributed by atoms with Crippen LogP contribution in [0.15, 0.2) is 182 Å². The van der Waals surface area contributed by atoms with Crippen molar-refractivity contribution in [2.24, 2.45) is 0 Å². The minimum absolute atomic E-state index is 0.0773. The van der Waals surface area contributed by atoms with E-state index in [9.17, 15) is 0 Å². The fourth-order valence-corrected chi connectivity index (χ4v) is 10.9. The zero-order chi connectivity index (χ0) is 38.5. The second-order valence-corrected chi connectivity index (χ2v) is 17.7. The van der Waals surface area contributed by atoms with Crippen molar-refractivity contribution in [2.75, 3.05) is 9.80 Å². The maximum atomic E-state index is 2.42. The molecule has 57 heavy (non-hydrogen) atoms. The van der Waals surface area contributed by atoms with Gasteiger partial charge < -0.3 is 9.80 Å². The van der Waals surface area contributed by atoms with E-state index in [-0.39, 0.29) is 10.8 Å². The Hall–Kier alpha value is -6.42. The number of hydrogen-bond acceptors (Lipinski definition) is 3. The molecular formula is C54H42N2S. The molecule has 0 radical (unpaired) electrons. The molecule has 0 unspecified atom stereocenters. The third-order valence-electron chi connectivity index (χ3n) is 12.6. The predicted molar refractivity (Wildman–Crippen MR) is 244 cm³/mol. The average molecular weight is 751 g/mol. The van der Waals surface area contributed by atoms with E-state index < -0.39 is 0 Å². The summed E-state index contributed by atoms with van der Waals surface area (Å²) in [6.45, 7) is 9.42. The summed E-state index contributed by atoms with van der Waals surface area (Å²) >= 11 is 1.88. The minimum atomic E-state index is -0.0773. The van der Waals surface area contributed by atoms with E-state index in [0.717, 1.165) is 22.7 Å². The largest absolute Gasteiger partial charge is 0.310 e. The molecule has 11 rings (SSSR count). The van der Waals surface area contributed by atoms with Gasteiger partial charge in [-0.25, -0.2) is 0 Å². The summed E-state index contributed by atoms with van der Waals surface area (Å²) in [5, 5.41) is 2.57. The number of para-hydroxylation sites is 2. The summed E-state index contributed by atoms with van der Waals surface area (Å²) in [6, 6.07) is 67.4. The van der Waals surface area contributed by atoms with Crippen LogP contribution >= 0.6 is 11.3 Å². The summed E-state index contributed by atoms with van der Waals surface area (Å²) in [7, 11) is 0. The second-order valence-electron chi connectivity index (χ2n) is 16.6. The van der Waals surface area contributed by atoms with Crippen LogP contribution in [-0.4, -0.2) is 0 Å². The van der Waals surface area contributed by atoms with E-state index in [1.54, 1.807) is 0 Å². The Kier molecular flexibility index (Phi) is 7.46. The third kappa shape index (κ3) is 5.15. The first-order valence-corrected chi connectivity index (χ1v) is 20.7. The van der Waals surface area contributed by atoms with E-state index in [1.165, 1.54) is 76.1 Å². The molecule has 0 N–H and O–H groups in total. The van der Waals surface area contributed by atoms with Gasteiger partial charge in [0.1, 0.15) is 0 Å². The number of thiophene rings is 1.